The lowest BCUT2D eigenvalue weighted by Gasteiger charge is -2.14. The van der Waals surface area contributed by atoms with Crippen LogP contribution in [-0.4, -0.2) is 19.9 Å². The summed E-state index contributed by atoms with van der Waals surface area (Å²) in [6.45, 7) is 0. The molecule has 58 heavy (non-hydrogen) atoms. The van der Waals surface area contributed by atoms with Crippen molar-refractivity contribution in [2.45, 2.75) is 0 Å². The van der Waals surface area contributed by atoms with Crippen molar-refractivity contribution in [3.8, 4) is 56.5 Å². The summed E-state index contributed by atoms with van der Waals surface area (Å²) in [6, 6.07) is 64.2. The van der Waals surface area contributed by atoms with Crippen molar-refractivity contribution in [3.63, 3.8) is 0 Å². The Hall–Kier alpha value is -7.12. The van der Waals surface area contributed by atoms with Crippen LogP contribution >= 0.6 is 22.7 Å². The molecule has 0 unspecified atom stereocenters. The van der Waals surface area contributed by atoms with Crippen molar-refractivity contribution in [2.75, 3.05) is 0 Å². The molecule has 0 aliphatic rings. The Morgan fingerprint density at radius 2 is 0.810 bits per heavy atom. The Labute approximate surface area is 341 Å². The monoisotopic (exact) mass is 774 g/mol. The van der Waals surface area contributed by atoms with Crippen molar-refractivity contribution in [3.05, 3.63) is 182 Å². The summed E-state index contributed by atoms with van der Waals surface area (Å²) in [5, 5.41) is 8.35. The maximum atomic E-state index is 5.38. The molecule has 0 aliphatic carbocycles. The SMILES string of the molecule is c1ccc(-c2nc(-c3cccc(-c4nc5c6ccccc6sc5c5ccccc45)c3)nc(-c3ccc(-c4cccc5c4sc4ccccc45)c4ccccc34)n2)cc1. The van der Waals surface area contributed by atoms with E-state index in [1.54, 1.807) is 11.3 Å². The van der Waals surface area contributed by atoms with Crippen molar-refractivity contribution in [2.24, 2.45) is 0 Å². The van der Waals surface area contributed by atoms with Crippen LogP contribution in [0.1, 0.15) is 0 Å². The third-order valence-corrected chi connectivity index (χ3v) is 13.6. The molecule has 0 radical (unpaired) electrons. The zero-order valence-electron chi connectivity index (χ0n) is 30.9. The van der Waals surface area contributed by atoms with E-state index in [2.05, 4.69) is 164 Å². The van der Waals surface area contributed by atoms with Gasteiger partial charge in [-0.05, 0) is 40.6 Å². The van der Waals surface area contributed by atoms with Crippen molar-refractivity contribution < 1.29 is 0 Å². The molecule has 0 saturated carbocycles. The van der Waals surface area contributed by atoms with E-state index in [1.165, 1.54) is 51.5 Å². The lowest BCUT2D eigenvalue weighted by molar-refractivity contribution is 1.08. The first-order valence-corrected chi connectivity index (χ1v) is 20.9. The zero-order valence-corrected chi connectivity index (χ0v) is 32.6. The van der Waals surface area contributed by atoms with Crippen LogP contribution in [-0.2, 0) is 0 Å². The Balaban J connectivity index is 1.04. The van der Waals surface area contributed by atoms with E-state index in [0.29, 0.717) is 17.5 Å². The Morgan fingerprint density at radius 3 is 1.62 bits per heavy atom. The average Bonchev–Trinajstić information content (AvgIpc) is 3.87. The second-order valence-electron chi connectivity index (χ2n) is 14.5. The Bertz CT molecular complexity index is 3590. The second-order valence-corrected chi connectivity index (χ2v) is 16.6. The molecule has 0 aliphatic heterocycles. The highest BCUT2D eigenvalue weighted by Gasteiger charge is 2.20. The number of hydrogen-bond acceptors (Lipinski definition) is 6. The van der Waals surface area contributed by atoms with Crippen molar-refractivity contribution in [1.82, 2.24) is 19.9 Å². The van der Waals surface area contributed by atoms with Gasteiger partial charge >= 0.3 is 0 Å². The van der Waals surface area contributed by atoms with E-state index >= 15 is 0 Å². The Kier molecular flexibility index (Phi) is 7.55. The normalized spacial score (nSPS) is 11.8. The molecule has 0 atom stereocenters. The van der Waals surface area contributed by atoms with Gasteiger partial charge in [-0.15, -0.1) is 22.7 Å². The number of pyridine rings is 1. The highest BCUT2D eigenvalue weighted by Crippen LogP contribution is 2.44. The minimum atomic E-state index is 0.611. The molecular formula is C52H30N4S2. The van der Waals surface area contributed by atoms with Gasteiger partial charge in [-0.3, -0.25) is 0 Å². The van der Waals surface area contributed by atoms with Gasteiger partial charge in [0.25, 0.3) is 0 Å². The van der Waals surface area contributed by atoms with Gasteiger partial charge < -0.3 is 0 Å². The van der Waals surface area contributed by atoms with E-state index in [-0.39, 0.29) is 0 Å². The zero-order chi connectivity index (χ0) is 38.2. The molecule has 4 aromatic heterocycles. The first kappa shape index (κ1) is 33.1. The van der Waals surface area contributed by atoms with Gasteiger partial charge in [0, 0.05) is 68.8 Å². The molecule has 0 spiro atoms. The molecule has 0 bridgehead atoms. The predicted octanol–water partition coefficient (Wildman–Crippen LogP) is 14.6. The standard InChI is InChI=1S/C52H30N4S2/c1-2-14-31(15-3-1)50-54-51(33-17-12-16-32(30-33)46-38-21-6-7-22-41(38)49-47(53-46)43-23-9-11-27-45(43)58-49)56-52(55-50)42-29-28-36(34-18-4-5-19-35(34)42)39-24-13-25-40-37-20-8-10-26-44(37)57-48(39)40/h1-30H. The fourth-order valence-corrected chi connectivity index (χ4v) is 10.9. The summed E-state index contributed by atoms with van der Waals surface area (Å²) in [5.74, 6) is 1.87. The predicted molar refractivity (Wildman–Crippen MR) is 246 cm³/mol. The van der Waals surface area contributed by atoms with Gasteiger partial charge in [0.05, 0.1) is 15.9 Å². The van der Waals surface area contributed by atoms with Crippen LogP contribution in [0.4, 0.5) is 0 Å². The maximum absolute atomic E-state index is 5.38. The van der Waals surface area contributed by atoms with Gasteiger partial charge in [0.2, 0.25) is 0 Å². The first-order valence-electron chi connectivity index (χ1n) is 19.3. The van der Waals surface area contributed by atoms with Crippen LogP contribution in [0, 0.1) is 0 Å². The summed E-state index contributed by atoms with van der Waals surface area (Å²) in [6.07, 6.45) is 0. The Morgan fingerprint density at radius 1 is 0.293 bits per heavy atom. The highest BCUT2D eigenvalue weighted by molar-refractivity contribution is 7.27. The molecule has 4 nitrogen and oxygen atoms in total. The number of aromatic nitrogens is 4. The first-order chi connectivity index (χ1) is 28.7. The molecule has 6 heteroatoms. The van der Waals surface area contributed by atoms with Crippen LogP contribution in [0.15, 0.2) is 182 Å². The van der Waals surface area contributed by atoms with E-state index in [0.717, 1.165) is 49.6 Å². The van der Waals surface area contributed by atoms with Crippen LogP contribution in [0.2, 0.25) is 0 Å². The largest absolute Gasteiger partial charge is 0.246 e. The van der Waals surface area contributed by atoms with Crippen LogP contribution in [0.3, 0.4) is 0 Å². The van der Waals surface area contributed by atoms with Gasteiger partial charge in [0.15, 0.2) is 17.5 Å². The summed E-state index contributed by atoms with van der Waals surface area (Å²) < 4.78 is 5.05. The topological polar surface area (TPSA) is 51.6 Å². The van der Waals surface area contributed by atoms with Gasteiger partial charge in [-0.1, -0.05) is 158 Å². The van der Waals surface area contributed by atoms with Crippen molar-refractivity contribution >= 4 is 84.7 Å². The third-order valence-electron chi connectivity index (χ3n) is 11.1. The summed E-state index contributed by atoms with van der Waals surface area (Å²) >= 11 is 3.66. The van der Waals surface area contributed by atoms with E-state index in [9.17, 15) is 0 Å². The second kappa shape index (κ2) is 13.2. The quantitative estimate of drug-likeness (QED) is 0.175. The average molecular weight is 775 g/mol. The lowest BCUT2D eigenvalue weighted by atomic mass is 9.94. The fraction of sp³-hybridized carbons (Fsp3) is 0. The number of fused-ring (bicyclic) bond motifs is 9. The summed E-state index contributed by atoms with van der Waals surface area (Å²) in [4.78, 5) is 21.0. The molecule has 0 fully saturated rings. The number of hydrogen-bond donors (Lipinski definition) is 0. The molecule has 270 valence electrons. The molecule has 8 aromatic carbocycles. The lowest BCUT2D eigenvalue weighted by Crippen LogP contribution is -2.01. The number of nitrogens with zero attached hydrogens (tertiary/aromatic N) is 4. The van der Waals surface area contributed by atoms with Crippen LogP contribution < -0.4 is 0 Å². The van der Waals surface area contributed by atoms with Crippen molar-refractivity contribution in [1.29, 1.82) is 0 Å². The fourth-order valence-electron chi connectivity index (χ4n) is 8.44. The number of rotatable bonds is 5. The highest BCUT2D eigenvalue weighted by atomic mass is 32.1. The molecule has 0 saturated heterocycles. The van der Waals surface area contributed by atoms with Crippen LogP contribution in [0.5, 0.6) is 0 Å². The summed E-state index contributed by atoms with van der Waals surface area (Å²) in [7, 11) is 0. The summed E-state index contributed by atoms with van der Waals surface area (Å²) in [5.41, 5.74) is 8.21. The minimum Gasteiger partial charge on any atom is -0.246 e. The van der Waals surface area contributed by atoms with E-state index in [1.807, 2.05) is 29.5 Å². The molecule has 0 amide bonds. The molecule has 4 heterocycles. The number of thiophene rings is 2. The van der Waals surface area contributed by atoms with Gasteiger partial charge in [-0.25, -0.2) is 19.9 Å². The smallest absolute Gasteiger partial charge is 0.164 e. The minimum absolute atomic E-state index is 0.611. The molecular weight excluding hydrogens is 745 g/mol. The van der Waals surface area contributed by atoms with E-state index < -0.39 is 0 Å². The third kappa shape index (κ3) is 5.27. The molecule has 12 aromatic rings. The van der Waals surface area contributed by atoms with Gasteiger partial charge in [0.1, 0.15) is 0 Å². The number of benzene rings is 8. The van der Waals surface area contributed by atoms with E-state index in [4.69, 9.17) is 19.9 Å². The maximum Gasteiger partial charge on any atom is 0.164 e. The molecule has 0 N–H and O–H groups in total. The molecule has 12 rings (SSSR count). The van der Waals surface area contributed by atoms with Gasteiger partial charge in [-0.2, -0.15) is 0 Å². The van der Waals surface area contributed by atoms with Crippen LogP contribution in [0.25, 0.3) is 119 Å².